The highest BCUT2D eigenvalue weighted by atomic mass is 16.5. The highest BCUT2D eigenvalue weighted by Gasteiger charge is 2.32. The lowest BCUT2D eigenvalue weighted by Gasteiger charge is -2.26. The number of ketones is 1. The van der Waals surface area contributed by atoms with Crippen LogP contribution >= 0.6 is 0 Å². The van der Waals surface area contributed by atoms with E-state index >= 15 is 0 Å². The Morgan fingerprint density at radius 3 is 2.42 bits per heavy atom. The summed E-state index contributed by atoms with van der Waals surface area (Å²) in [5.41, 5.74) is -0.00601. The lowest BCUT2D eigenvalue weighted by molar-refractivity contribution is -0.0115. The van der Waals surface area contributed by atoms with E-state index < -0.39 is 5.60 Å². The molecule has 0 aliphatic carbocycles. The normalized spacial score (nSPS) is 14.3. The summed E-state index contributed by atoms with van der Waals surface area (Å²) < 4.78 is 5.66. The number of fused-ring (bicyclic) bond motifs is 1. The van der Waals surface area contributed by atoms with Gasteiger partial charge in [-0.3, -0.25) is 4.79 Å². The smallest absolute Gasteiger partial charge is 0.194 e. The summed E-state index contributed by atoms with van der Waals surface area (Å²) in [7, 11) is 0. The van der Waals surface area contributed by atoms with Crippen LogP contribution in [0.25, 0.3) is 10.8 Å². The second-order valence-electron chi connectivity index (χ2n) is 4.91. The number of carbonyl (C=O) groups excluding carboxylic acids is 1. The maximum absolute atomic E-state index is 12.6. The quantitative estimate of drug-likeness (QED) is 0.748. The van der Waals surface area contributed by atoms with Crippen LogP contribution in [0.4, 0.5) is 0 Å². The maximum atomic E-state index is 12.6. The van der Waals surface area contributed by atoms with Crippen LogP contribution in [0.1, 0.15) is 37.6 Å². The zero-order valence-corrected chi connectivity index (χ0v) is 11.8. The van der Waals surface area contributed by atoms with Gasteiger partial charge in [-0.25, -0.2) is 0 Å². The number of carbonyl (C=O) groups is 1. The van der Waals surface area contributed by atoms with Gasteiger partial charge in [-0.15, -0.1) is 0 Å². The minimum absolute atomic E-state index is 0.0580. The van der Waals surface area contributed by atoms with E-state index in [9.17, 15) is 4.79 Å². The number of hydrogen-bond donors (Lipinski definition) is 0. The molecule has 100 valence electrons. The van der Waals surface area contributed by atoms with Crippen molar-refractivity contribution in [2.24, 2.45) is 0 Å². The molecule has 2 aromatic rings. The van der Waals surface area contributed by atoms with Crippen molar-refractivity contribution in [3.63, 3.8) is 0 Å². The first kappa shape index (κ1) is 13.8. The average Bonchev–Trinajstić information content (AvgIpc) is 2.46. The van der Waals surface area contributed by atoms with E-state index in [1.54, 1.807) is 0 Å². The van der Waals surface area contributed by atoms with Crippen molar-refractivity contribution < 1.29 is 9.53 Å². The van der Waals surface area contributed by atoms with Gasteiger partial charge in [0.2, 0.25) is 0 Å². The number of ether oxygens (including phenoxy) is 1. The minimum Gasteiger partial charge on any atom is -0.367 e. The summed E-state index contributed by atoms with van der Waals surface area (Å²) in [5.74, 6) is 0.0580. The van der Waals surface area contributed by atoms with Gasteiger partial charge < -0.3 is 4.74 Å². The Labute approximate surface area is 114 Å². The summed E-state index contributed by atoms with van der Waals surface area (Å²) in [4.78, 5) is 12.6. The third-order valence-electron chi connectivity index (χ3n) is 3.63. The van der Waals surface area contributed by atoms with Crippen molar-refractivity contribution in [1.82, 2.24) is 0 Å². The second kappa shape index (κ2) is 5.54. The lowest BCUT2D eigenvalue weighted by atomic mass is 9.91. The van der Waals surface area contributed by atoms with Gasteiger partial charge in [-0.1, -0.05) is 43.3 Å². The Bertz CT molecular complexity index is 589. The van der Waals surface area contributed by atoms with Crippen molar-refractivity contribution in [2.45, 2.75) is 32.8 Å². The predicted octanol–water partition coefficient (Wildman–Crippen LogP) is 4.23. The molecule has 0 saturated heterocycles. The van der Waals surface area contributed by atoms with Crippen molar-refractivity contribution in [1.29, 1.82) is 0 Å². The van der Waals surface area contributed by atoms with Crippen molar-refractivity contribution >= 4 is 16.6 Å². The first-order valence-corrected chi connectivity index (χ1v) is 6.78. The van der Waals surface area contributed by atoms with Gasteiger partial charge in [-0.05, 0) is 37.1 Å². The van der Waals surface area contributed by atoms with Crippen molar-refractivity contribution in [2.75, 3.05) is 6.61 Å². The number of benzene rings is 2. The van der Waals surface area contributed by atoms with E-state index in [4.69, 9.17) is 4.74 Å². The molecule has 19 heavy (non-hydrogen) atoms. The van der Waals surface area contributed by atoms with Gasteiger partial charge in [0.05, 0.1) is 0 Å². The van der Waals surface area contributed by atoms with Gasteiger partial charge in [-0.2, -0.15) is 0 Å². The van der Waals surface area contributed by atoms with E-state index in [2.05, 4.69) is 0 Å². The molecule has 0 amide bonds. The zero-order chi connectivity index (χ0) is 13.9. The second-order valence-corrected chi connectivity index (χ2v) is 4.91. The van der Waals surface area contributed by atoms with Gasteiger partial charge in [0.15, 0.2) is 5.78 Å². The average molecular weight is 256 g/mol. The Kier molecular flexibility index (Phi) is 4.01. The Hall–Kier alpha value is -1.67. The Balaban J connectivity index is 2.40. The summed E-state index contributed by atoms with van der Waals surface area (Å²) in [6, 6.07) is 13.9. The summed E-state index contributed by atoms with van der Waals surface area (Å²) >= 11 is 0. The van der Waals surface area contributed by atoms with Crippen molar-refractivity contribution in [3.05, 3.63) is 48.0 Å². The molecule has 0 bridgehead atoms. The molecule has 0 aliphatic rings. The van der Waals surface area contributed by atoms with E-state index in [0.29, 0.717) is 13.0 Å². The summed E-state index contributed by atoms with van der Waals surface area (Å²) in [6.45, 7) is 6.31. The topological polar surface area (TPSA) is 26.3 Å². The standard InChI is InChI=1S/C17H20O2/c1-4-17(3,19-5-2)16(18)15-11-10-13-8-6-7-9-14(13)12-15/h6-12H,4-5H2,1-3H3. The molecule has 0 saturated carbocycles. The van der Waals surface area contributed by atoms with Crippen LogP contribution in [-0.2, 0) is 4.74 Å². The first-order valence-electron chi connectivity index (χ1n) is 6.78. The van der Waals surface area contributed by atoms with Crippen LogP contribution in [0.3, 0.4) is 0 Å². The summed E-state index contributed by atoms with van der Waals surface area (Å²) in [6.07, 6.45) is 0.673. The molecule has 0 radical (unpaired) electrons. The van der Waals surface area contributed by atoms with Crippen LogP contribution in [0.15, 0.2) is 42.5 Å². The van der Waals surface area contributed by atoms with Crippen LogP contribution < -0.4 is 0 Å². The van der Waals surface area contributed by atoms with E-state index in [-0.39, 0.29) is 5.78 Å². The van der Waals surface area contributed by atoms with Crippen LogP contribution in [0.2, 0.25) is 0 Å². The summed E-state index contributed by atoms with van der Waals surface area (Å²) in [5, 5.41) is 2.23. The predicted molar refractivity (Wildman–Crippen MR) is 78.6 cm³/mol. The SMILES string of the molecule is CCOC(C)(CC)C(=O)c1ccc2ccccc2c1. The number of Topliss-reactive ketones (excluding diaryl/α,β-unsaturated/α-hetero) is 1. The fourth-order valence-corrected chi connectivity index (χ4v) is 2.28. The molecule has 2 heteroatoms. The van der Waals surface area contributed by atoms with Gasteiger partial charge in [0.1, 0.15) is 5.60 Å². The molecule has 2 aromatic carbocycles. The highest BCUT2D eigenvalue weighted by molar-refractivity contribution is 6.04. The molecule has 2 nitrogen and oxygen atoms in total. The van der Waals surface area contributed by atoms with E-state index in [1.807, 2.05) is 63.2 Å². The highest BCUT2D eigenvalue weighted by Crippen LogP contribution is 2.24. The third-order valence-corrected chi connectivity index (χ3v) is 3.63. The van der Waals surface area contributed by atoms with E-state index in [0.717, 1.165) is 16.3 Å². The molecule has 2 rings (SSSR count). The Morgan fingerprint density at radius 2 is 1.79 bits per heavy atom. The molecule has 0 N–H and O–H groups in total. The van der Waals surface area contributed by atoms with Gasteiger partial charge >= 0.3 is 0 Å². The third kappa shape index (κ3) is 2.69. The van der Waals surface area contributed by atoms with Crippen LogP contribution in [0.5, 0.6) is 0 Å². The zero-order valence-electron chi connectivity index (χ0n) is 11.8. The molecule has 0 aromatic heterocycles. The number of hydrogen-bond acceptors (Lipinski definition) is 2. The molecule has 1 unspecified atom stereocenters. The Morgan fingerprint density at radius 1 is 1.11 bits per heavy atom. The molecular formula is C17H20O2. The molecular weight excluding hydrogens is 236 g/mol. The fourth-order valence-electron chi connectivity index (χ4n) is 2.28. The molecule has 0 aliphatic heterocycles. The van der Waals surface area contributed by atoms with Gasteiger partial charge in [0, 0.05) is 12.2 Å². The lowest BCUT2D eigenvalue weighted by Crippen LogP contribution is -2.37. The van der Waals surface area contributed by atoms with Crippen LogP contribution in [0, 0.1) is 0 Å². The number of rotatable bonds is 5. The largest absolute Gasteiger partial charge is 0.367 e. The fraction of sp³-hybridized carbons (Fsp3) is 0.353. The molecule has 0 fully saturated rings. The molecule has 0 spiro atoms. The van der Waals surface area contributed by atoms with E-state index in [1.165, 1.54) is 0 Å². The van der Waals surface area contributed by atoms with Crippen molar-refractivity contribution in [3.8, 4) is 0 Å². The first-order chi connectivity index (χ1) is 9.10. The maximum Gasteiger partial charge on any atom is 0.194 e. The molecule has 1 atom stereocenters. The molecule has 0 heterocycles. The monoisotopic (exact) mass is 256 g/mol. The van der Waals surface area contributed by atoms with Crippen LogP contribution in [-0.4, -0.2) is 18.0 Å². The minimum atomic E-state index is -0.725. The van der Waals surface area contributed by atoms with Gasteiger partial charge in [0.25, 0.3) is 0 Å².